The van der Waals surface area contributed by atoms with Crippen LogP contribution in [0.1, 0.15) is 25.5 Å². The van der Waals surface area contributed by atoms with Gasteiger partial charge in [0.25, 0.3) is 5.91 Å². The zero-order valence-electron chi connectivity index (χ0n) is 12.0. The zero-order valence-corrected chi connectivity index (χ0v) is 13.6. The quantitative estimate of drug-likeness (QED) is 0.844. The number of piperazine rings is 1. The van der Waals surface area contributed by atoms with E-state index < -0.39 is 6.04 Å². The first-order valence-electron chi connectivity index (χ1n) is 7.27. The first kappa shape index (κ1) is 13.3. The molecule has 1 aliphatic carbocycles. The summed E-state index contributed by atoms with van der Waals surface area (Å²) in [7, 11) is 0. The number of nitrogens with zero attached hydrogens (tertiary/aromatic N) is 1. The molecule has 0 unspecified atom stereocenters. The molecule has 1 aromatic rings. The van der Waals surface area contributed by atoms with Crippen molar-refractivity contribution in [1.29, 1.82) is 0 Å². The molecule has 2 aliphatic heterocycles. The van der Waals surface area contributed by atoms with Gasteiger partial charge in [-0.15, -0.1) is 0 Å². The molecule has 2 saturated heterocycles. The van der Waals surface area contributed by atoms with Gasteiger partial charge in [0.15, 0.2) is 0 Å². The van der Waals surface area contributed by atoms with Crippen LogP contribution >= 0.6 is 15.9 Å². The Morgan fingerprint density at radius 1 is 1.24 bits per heavy atom. The minimum absolute atomic E-state index is 0.000550. The summed E-state index contributed by atoms with van der Waals surface area (Å²) in [5.74, 6) is 0.832. The van der Waals surface area contributed by atoms with Gasteiger partial charge in [-0.2, -0.15) is 0 Å². The molecule has 3 fully saturated rings. The molecule has 0 radical (unpaired) electrons. The van der Waals surface area contributed by atoms with E-state index >= 15 is 0 Å². The topological polar surface area (TPSA) is 49.4 Å². The summed E-state index contributed by atoms with van der Waals surface area (Å²) in [5, 5.41) is 2.92. The number of amides is 2. The van der Waals surface area contributed by atoms with Crippen LogP contribution in [0.15, 0.2) is 28.7 Å². The highest BCUT2D eigenvalue weighted by Crippen LogP contribution is 2.65. The van der Waals surface area contributed by atoms with Crippen LogP contribution < -0.4 is 5.32 Å². The van der Waals surface area contributed by atoms with Crippen molar-refractivity contribution in [2.24, 2.45) is 17.3 Å². The second-order valence-electron chi connectivity index (χ2n) is 6.88. The maximum Gasteiger partial charge on any atom is 0.250 e. The van der Waals surface area contributed by atoms with Gasteiger partial charge in [-0.1, -0.05) is 41.9 Å². The Hall–Kier alpha value is -1.36. The van der Waals surface area contributed by atoms with Crippen molar-refractivity contribution < 1.29 is 9.59 Å². The van der Waals surface area contributed by atoms with Gasteiger partial charge in [-0.05, 0) is 34.9 Å². The van der Waals surface area contributed by atoms with Gasteiger partial charge in [-0.25, -0.2) is 0 Å². The highest BCUT2D eigenvalue weighted by atomic mass is 79.9. The SMILES string of the molecule is CC1(C)[C@@H]2[C@H]1CN1C(=O)[C@@H](c3ccc(Br)cc3)NC(=O)[C@@H]21. The largest absolute Gasteiger partial charge is 0.339 e. The van der Waals surface area contributed by atoms with E-state index in [-0.39, 0.29) is 23.3 Å². The number of carbonyl (C=O) groups is 2. The summed E-state index contributed by atoms with van der Waals surface area (Å²) >= 11 is 3.38. The van der Waals surface area contributed by atoms with Crippen LogP contribution in [-0.2, 0) is 9.59 Å². The van der Waals surface area contributed by atoms with Gasteiger partial charge < -0.3 is 10.2 Å². The Morgan fingerprint density at radius 3 is 2.57 bits per heavy atom. The Kier molecular flexibility index (Phi) is 2.60. The average Bonchev–Trinajstić information content (AvgIpc) is 2.83. The molecule has 5 heteroatoms. The van der Waals surface area contributed by atoms with E-state index in [2.05, 4.69) is 35.1 Å². The van der Waals surface area contributed by atoms with E-state index in [1.54, 1.807) is 4.90 Å². The highest BCUT2D eigenvalue weighted by Gasteiger charge is 2.70. The zero-order chi connectivity index (χ0) is 14.9. The molecular formula is C16H17BrN2O2. The molecule has 1 N–H and O–H groups in total. The van der Waals surface area contributed by atoms with Gasteiger partial charge >= 0.3 is 0 Å². The minimum atomic E-state index is -0.539. The molecule has 4 rings (SSSR count). The third kappa shape index (κ3) is 1.73. The van der Waals surface area contributed by atoms with Gasteiger partial charge in [-0.3, -0.25) is 9.59 Å². The summed E-state index contributed by atoms with van der Waals surface area (Å²) in [6, 6.07) is 6.76. The predicted octanol–water partition coefficient (Wildman–Crippen LogP) is 2.10. The highest BCUT2D eigenvalue weighted by molar-refractivity contribution is 9.10. The smallest absolute Gasteiger partial charge is 0.250 e. The fourth-order valence-corrected chi connectivity index (χ4v) is 4.41. The van der Waals surface area contributed by atoms with Gasteiger partial charge in [0.05, 0.1) is 0 Å². The van der Waals surface area contributed by atoms with Gasteiger partial charge in [0, 0.05) is 11.0 Å². The number of piperidine rings is 1. The van der Waals surface area contributed by atoms with Gasteiger partial charge in [0.1, 0.15) is 12.1 Å². The number of fused-ring (bicyclic) bond motifs is 3. The summed E-state index contributed by atoms with van der Waals surface area (Å²) < 4.78 is 0.961. The number of hydrogen-bond donors (Lipinski definition) is 1. The lowest BCUT2D eigenvalue weighted by atomic mass is 9.95. The molecular weight excluding hydrogens is 332 g/mol. The molecule has 3 aliphatic rings. The Balaban J connectivity index is 1.63. The summed E-state index contributed by atoms with van der Waals surface area (Å²) in [6.07, 6.45) is 0. The fraction of sp³-hybridized carbons (Fsp3) is 0.500. The van der Waals surface area contributed by atoms with Crippen LogP contribution in [0, 0.1) is 17.3 Å². The number of carbonyl (C=O) groups excluding carboxylic acids is 2. The van der Waals surface area contributed by atoms with E-state index in [9.17, 15) is 9.59 Å². The van der Waals surface area contributed by atoms with Crippen molar-refractivity contribution in [2.75, 3.05) is 6.54 Å². The van der Waals surface area contributed by atoms with Crippen LogP contribution in [0.4, 0.5) is 0 Å². The molecule has 4 atom stereocenters. The molecule has 0 aromatic heterocycles. The molecule has 2 heterocycles. The third-order valence-electron chi connectivity index (χ3n) is 5.50. The first-order valence-corrected chi connectivity index (χ1v) is 8.07. The minimum Gasteiger partial charge on any atom is -0.339 e. The third-order valence-corrected chi connectivity index (χ3v) is 6.03. The number of halogens is 1. The molecule has 4 nitrogen and oxygen atoms in total. The molecule has 1 aromatic carbocycles. The second-order valence-corrected chi connectivity index (χ2v) is 7.80. The summed E-state index contributed by atoms with van der Waals surface area (Å²) in [5.41, 5.74) is 1.04. The lowest BCUT2D eigenvalue weighted by molar-refractivity contribution is -0.149. The van der Waals surface area contributed by atoms with Crippen LogP contribution in [0.2, 0.25) is 0 Å². The van der Waals surface area contributed by atoms with E-state index in [1.165, 1.54) is 0 Å². The second kappa shape index (κ2) is 4.09. The van der Waals surface area contributed by atoms with E-state index in [0.717, 1.165) is 16.6 Å². The number of hydrogen-bond acceptors (Lipinski definition) is 2. The van der Waals surface area contributed by atoms with Crippen molar-refractivity contribution >= 4 is 27.7 Å². The fourth-order valence-electron chi connectivity index (χ4n) is 4.15. The maximum absolute atomic E-state index is 12.7. The van der Waals surface area contributed by atoms with Crippen LogP contribution in [-0.4, -0.2) is 29.3 Å². The monoisotopic (exact) mass is 348 g/mol. The normalized spacial score (nSPS) is 36.0. The van der Waals surface area contributed by atoms with Crippen LogP contribution in [0.25, 0.3) is 0 Å². The Morgan fingerprint density at radius 2 is 1.90 bits per heavy atom. The lowest BCUT2D eigenvalue weighted by Gasteiger charge is -2.38. The standard InChI is InChI=1S/C16H17BrN2O2/c1-16(2)10-7-19-13(11(10)16)14(20)18-12(15(19)21)8-3-5-9(17)6-4-8/h3-6,10-13H,7H2,1-2H3,(H,18,20)/t10-,11-,12-,13-/m1/s1. The number of nitrogens with one attached hydrogen (secondary N) is 1. The van der Waals surface area contributed by atoms with E-state index in [1.807, 2.05) is 24.3 Å². The molecule has 0 bridgehead atoms. The summed E-state index contributed by atoms with van der Waals surface area (Å²) in [6.45, 7) is 5.11. The molecule has 21 heavy (non-hydrogen) atoms. The first-order chi connectivity index (χ1) is 9.91. The maximum atomic E-state index is 12.7. The van der Waals surface area contributed by atoms with Crippen molar-refractivity contribution in [3.8, 4) is 0 Å². The summed E-state index contributed by atoms with van der Waals surface area (Å²) in [4.78, 5) is 27.0. The molecule has 1 saturated carbocycles. The lowest BCUT2D eigenvalue weighted by Crippen LogP contribution is -2.59. The van der Waals surface area contributed by atoms with Crippen LogP contribution in [0.5, 0.6) is 0 Å². The number of rotatable bonds is 1. The van der Waals surface area contributed by atoms with Crippen molar-refractivity contribution in [1.82, 2.24) is 10.2 Å². The van der Waals surface area contributed by atoms with Gasteiger partial charge in [0.2, 0.25) is 5.91 Å². The Bertz CT molecular complexity index is 640. The Labute approximate surface area is 132 Å². The van der Waals surface area contributed by atoms with Crippen molar-refractivity contribution in [2.45, 2.75) is 25.9 Å². The molecule has 2 amide bonds. The average molecular weight is 349 g/mol. The predicted molar refractivity (Wildman–Crippen MR) is 81.3 cm³/mol. The van der Waals surface area contributed by atoms with Crippen molar-refractivity contribution in [3.05, 3.63) is 34.3 Å². The molecule has 0 spiro atoms. The van der Waals surface area contributed by atoms with E-state index in [4.69, 9.17) is 0 Å². The molecule has 110 valence electrons. The van der Waals surface area contributed by atoms with E-state index in [0.29, 0.717) is 11.8 Å². The number of benzene rings is 1. The van der Waals surface area contributed by atoms with Crippen LogP contribution in [0.3, 0.4) is 0 Å². The van der Waals surface area contributed by atoms with Crippen molar-refractivity contribution in [3.63, 3.8) is 0 Å².